The third-order valence-corrected chi connectivity index (χ3v) is 3.75. The average Bonchev–Trinajstić information content (AvgIpc) is 2.71. The van der Waals surface area contributed by atoms with Crippen molar-refractivity contribution in [3.8, 4) is 5.75 Å². The van der Waals surface area contributed by atoms with Gasteiger partial charge < -0.3 is 9.47 Å². The van der Waals surface area contributed by atoms with Crippen LogP contribution < -0.4 is 4.74 Å². The van der Waals surface area contributed by atoms with Gasteiger partial charge in [-0.15, -0.1) is 0 Å². The van der Waals surface area contributed by atoms with Gasteiger partial charge in [-0.3, -0.25) is 15.0 Å². The van der Waals surface area contributed by atoms with E-state index in [9.17, 15) is 10.1 Å². The molecule has 0 aromatic heterocycles. The van der Waals surface area contributed by atoms with Crippen molar-refractivity contribution in [2.75, 3.05) is 39.5 Å². The predicted octanol–water partition coefficient (Wildman–Crippen LogP) is 2.22. The average molecular weight is 315 g/mol. The van der Waals surface area contributed by atoms with Gasteiger partial charge in [0.15, 0.2) is 0 Å². The van der Waals surface area contributed by atoms with Crippen molar-refractivity contribution in [1.82, 2.24) is 4.90 Å². The Morgan fingerprint density at radius 3 is 3.05 bits per heavy atom. The Balaban J connectivity index is 1.86. The van der Waals surface area contributed by atoms with Gasteiger partial charge in [-0.05, 0) is 12.5 Å². The van der Waals surface area contributed by atoms with E-state index in [4.69, 9.17) is 21.1 Å². The monoisotopic (exact) mass is 314 g/mol. The van der Waals surface area contributed by atoms with Crippen molar-refractivity contribution in [1.29, 1.82) is 0 Å². The van der Waals surface area contributed by atoms with Gasteiger partial charge >= 0.3 is 0 Å². The fraction of sp³-hybridized carbons (Fsp3) is 0.571. The molecule has 0 saturated carbocycles. The van der Waals surface area contributed by atoms with E-state index in [0.717, 1.165) is 39.3 Å². The third kappa shape index (κ3) is 5.15. The Morgan fingerprint density at radius 1 is 1.38 bits per heavy atom. The van der Waals surface area contributed by atoms with Crippen LogP contribution >= 0.6 is 11.6 Å². The SMILES string of the molecule is O=[N+]([O-])Cc1cccc(OCCN2CCCOCC2)c1Cl. The van der Waals surface area contributed by atoms with Crippen LogP contribution in [0.1, 0.15) is 12.0 Å². The molecule has 1 heterocycles. The lowest BCUT2D eigenvalue weighted by atomic mass is 10.2. The lowest BCUT2D eigenvalue weighted by Gasteiger charge is -2.19. The van der Waals surface area contributed by atoms with Gasteiger partial charge in [0.1, 0.15) is 12.4 Å². The number of halogens is 1. The summed E-state index contributed by atoms with van der Waals surface area (Å²) < 4.78 is 11.1. The highest BCUT2D eigenvalue weighted by atomic mass is 35.5. The Hall–Kier alpha value is -1.37. The molecule has 1 saturated heterocycles. The first-order chi connectivity index (χ1) is 10.2. The summed E-state index contributed by atoms with van der Waals surface area (Å²) >= 11 is 6.14. The second-order valence-electron chi connectivity index (χ2n) is 4.88. The summed E-state index contributed by atoms with van der Waals surface area (Å²) in [5.74, 6) is 0.502. The van der Waals surface area contributed by atoms with Gasteiger partial charge in [0.25, 0.3) is 0 Å². The lowest BCUT2D eigenvalue weighted by Crippen LogP contribution is -2.30. The number of rotatable bonds is 6. The largest absolute Gasteiger partial charge is 0.491 e. The Labute approximate surface area is 128 Å². The summed E-state index contributed by atoms with van der Waals surface area (Å²) in [7, 11) is 0. The van der Waals surface area contributed by atoms with Gasteiger partial charge in [-0.2, -0.15) is 0 Å². The Kier molecular flexibility index (Phi) is 6.22. The minimum absolute atomic E-state index is 0.292. The highest BCUT2D eigenvalue weighted by Gasteiger charge is 2.13. The second-order valence-corrected chi connectivity index (χ2v) is 5.25. The van der Waals surface area contributed by atoms with Crippen LogP contribution in [0.2, 0.25) is 5.02 Å². The van der Waals surface area contributed by atoms with Crippen LogP contribution in [0.15, 0.2) is 18.2 Å². The molecule has 0 spiro atoms. The summed E-state index contributed by atoms with van der Waals surface area (Å²) in [5, 5.41) is 10.9. The zero-order chi connectivity index (χ0) is 15.1. The molecule has 0 unspecified atom stereocenters. The molecule has 1 fully saturated rings. The smallest absolute Gasteiger partial charge is 0.230 e. The molecule has 1 aliphatic rings. The molecule has 0 atom stereocenters. The van der Waals surface area contributed by atoms with Gasteiger partial charge in [0.2, 0.25) is 6.54 Å². The topological polar surface area (TPSA) is 64.8 Å². The van der Waals surface area contributed by atoms with Crippen LogP contribution in [-0.2, 0) is 11.3 Å². The summed E-state index contributed by atoms with van der Waals surface area (Å²) in [6, 6.07) is 5.10. The van der Waals surface area contributed by atoms with Crippen LogP contribution in [0, 0.1) is 10.1 Å². The van der Waals surface area contributed by atoms with Crippen molar-refractivity contribution in [3.05, 3.63) is 38.9 Å². The van der Waals surface area contributed by atoms with Crippen LogP contribution in [0.5, 0.6) is 5.75 Å². The van der Waals surface area contributed by atoms with Crippen molar-refractivity contribution < 1.29 is 14.4 Å². The highest BCUT2D eigenvalue weighted by molar-refractivity contribution is 6.32. The molecule has 116 valence electrons. The molecule has 0 bridgehead atoms. The zero-order valence-electron chi connectivity index (χ0n) is 11.8. The van der Waals surface area contributed by atoms with Gasteiger partial charge in [0.05, 0.1) is 11.6 Å². The van der Waals surface area contributed by atoms with E-state index < -0.39 is 4.92 Å². The van der Waals surface area contributed by atoms with Crippen molar-refractivity contribution in [2.45, 2.75) is 13.0 Å². The van der Waals surface area contributed by atoms with Crippen molar-refractivity contribution in [2.24, 2.45) is 0 Å². The van der Waals surface area contributed by atoms with E-state index in [0.29, 0.717) is 22.9 Å². The highest BCUT2D eigenvalue weighted by Crippen LogP contribution is 2.28. The minimum atomic E-state index is -0.401. The molecule has 0 amide bonds. The molecule has 0 N–H and O–H groups in total. The molecule has 0 radical (unpaired) electrons. The maximum atomic E-state index is 10.6. The van der Waals surface area contributed by atoms with Crippen LogP contribution in [0.4, 0.5) is 0 Å². The van der Waals surface area contributed by atoms with Crippen molar-refractivity contribution >= 4 is 11.6 Å². The first kappa shape index (κ1) is 16.0. The van der Waals surface area contributed by atoms with Crippen LogP contribution in [0.25, 0.3) is 0 Å². The summed E-state index contributed by atoms with van der Waals surface area (Å²) in [4.78, 5) is 12.5. The van der Waals surface area contributed by atoms with E-state index in [-0.39, 0.29) is 6.54 Å². The Morgan fingerprint density at radius 2 is 2.24 bits per heavy atom. The maximum Gasteiger partial charge on any atom is 0.230 e. The third-order valence-electron chi connectivity index (χ3n) is 3.32. The number of benzene rings is 1. The van der Waals surface area contributed by atoms with Crippen molar-refractivity contribution in [3.63, 3.8) is 0 Å². The van der Waals surface area contributed by atoms with E-state index in [1.54, 1.807) is 18.2 Å². The van der Waals surface area contributed by atoms with E-state index in [1.807, 2.05) is 0 Å². The van der Waals surface area contributed by atoms with Gasteiger partial charge in [-0.25, -0.2) is 0 Å². The quantitative estimate of drug-likeness (QED) is 0.595. The van der Waals surface area contributed by atoms with Crippen LogP contribution in [-0.4, -0.2) is 49.3 Å². The summed E-state index contributed by atoms with van der Waals surface area (Å²) in [6.45, 7) is 4.46. The molecular formula is C14H19ClN2O4. The number of nitrogens with zero attached hydrogens (tertiary/aromatic N) is 2. The molecule has 7 heteroatoms. The number of nitro groups is 1. The fourth-order valence-corrected chi connectivity index (χ4v) is 2.48. The molecule has 6 nitrogen and oxygen atoms in total. The van der Waals surface area contributed by atoms with E-state index in [1.165, 1.54) is 0 Å². The fourth-order valence-electron chi connectivity index (χ4n) is 2.23. The minimum Gasteiger partial charge on any atom is -0.491 e. The van der Waals surface area contributed by atoms with Gasteiger partial charge in [0, 0.05) is 36.7 Å². The molecule has 1 aliphatic heterocycles. The summed E-state index contributed by atoms with van der Waals surface area (Å²) in [6.07, 6.45) is 1.03. The standard InChI is InChI=1S/C14H19ClN2O4/c15-14-12(11-17(18)19)3-1-4-13(14)21-10-7-16-5-2-8-20-9-6-16/h1,3-4H,2,5-11H2. The first-order valence-corrected chi connectivity index (χ1v) is 7.36. The number of hydrogen-bond acceptors (Lipinski definition) is 5. The maximum absolute atomic E-state index is 10.6. The van der Waals surface area contributed by atoms with Gasteiger partial charge in [-0.1, -0.05) is 23.7 Å². The molecule has 21 heavy (non-hydrogen) atoms. The number of ether oxygens (including phenoxy) is 2. The van der Waals surface area contributed by atoms with E-state index >= 15 is 0 Å². The normalized spacial score (nSPS) is 16.4. The van der Waals surface area contributed by atoms with E-state index in [2.05, 4.69) is 4.90 Å². The lowest BCUT2D eigenvalue weighted by molar-refractivity contribution is -0.496. The zero-order valence-corrected chi connectivity index (χ0v) is 12.6. The molecule has 1 aromatic rings. The predicted molar refractivity (Wildman–Crippen MR) is 79.5 cm³/mol. The Bertz CT molecular complexity index is 476. The van der Waals surface area contributed by atoms with Crippen LogP contribution in [0.3, 0.4) is 0 Å². The summed E-state index contributed by atoms with van der Waals surface area (Å²) in [5.41, 5.74) is 0.474. The molecular weight excluding hydrogens is 296 g/mol. The first-order valence-electron chi connectivity index (χ1n) is 6.99. The molecule has 1 aromatic carbocycles. The number of hydrogen-bond donors (Lipinski definition) is 0. The molecule has 0 aliphatic carbocycles. The second kappa shape index (κ2) is 8.17. The molecule has 2 rings (SSSR count).